The van der Waals surface area contributed by atoms with E-state index in [0.29, 0.717) is 24.4 Å². The summed E-state index contributed by atoms with van der Waals surface area (Å²) in [6.07, 6.45) is 11.9. The van der Waals surface area contributed by atoms with Crippen LogP contribution in [0.25, 0.3) is 0 Å². The Bertz CT molecular complexity index is 891. The molecule has 0 spiro atoms. The van der Waals surface area contributed by atoms with Gasteiger partial charge in [-0.25, -0.2) is 0 Å². The van der Waals surface area contributed by atoms with Gasteiger partial charge in [0.05, 0.1) is 12.2 Å². The van der Waals surface area contributed by atoms with Gasteiger partial charge in [-0.2, -0.15) is 0 Å². The molecular formula is C34H62O3Si2. The summed E-state index contributed by atoms with van der Waals surface area (Å²) in [6.45, 7) is 33.0. The largest absolute Gasteiger partial charge is 0.410 e. The second kappa shape index (κ2) is 12.0. The normalized spacial score (nSPS) is 34.0. The first-order valence-electron chi connectivity index (χ1n) is 15.8. The summed E-state index contributed by atoms with van der Waals surface area (Å²) in [6, 6.07) is 0. The molecule has 0 bridgehead atoms. The molecule has 0 aromatic heterocycles. The minimum Gasteiger partial charge on any atom is -0.410 e. The van der Waals surface area contributed by atoms with Crippen LogP contribution in [0.3, 0.4) is 0 Å². The lowest BCUT2D eigenvalue weighted by atomic mass is 9.67. The Morgan fingerprint density at radius 1 is 0.897 bits per heavy atom. The van der Waals surface area contributed by atoms with E-state index in [1.165, 1.54) is 31.3 Å². The highest BCUT2D eigenvalue weighted by Gasteiger charge is 2.46. The molecule has 0 aromatic rings. The van der Waals surface area contributed by atoms with Crippen LogP contribution in [0.5, 0.6) is 0 Å². The van der Waals surface area contributed by atoms with Crippen LogP contribution in [0, 0.1) is 29.6 Å². The molecule has 39 heavy (non-hydrogen) atoms. The minimum atomic E-state index is -1.96. The molecule has 7 atom stereocenters. The number of fused-ring (bicyclic) bond motifs is 1. The molecule has 3 aliphatic rings. The maximum Gasteiger partial charge on any atom is 0.192 e. The Morgan fingerprint density at radius 2 is 1.41 bits per heavy atom. The zero-order chi connectivity index (χ0) is 29.6. The molecular weight excluding hydrogens is 513 g/mol. The van der Waals surface area contributed by atoms with Crippen molar-refractivity contribution in [1.82, 2.24) is 0 Å². The van der Waals surface area contributed by atoms with Crippen LogP contribution < -0.4 is 0 Å². The third-order valence-electron chi connectivity index (χ3n) is 11.6. The number of aliphatic hydroxyl groups is 1. The second-order valence-electron chi connectivity index (χ2n) is 16.4. The number of allylic oxidation sites excluding steroid dienone is 3. The molecule has 0 saturated heterocycles. The first kappa shape index (κ1) is 33.0. The quantitative estimate of drug-likeness (QED) is 0.243. The molecule has 1 N–H and O–H groups in total. The van der Waals surface area contributed by atoms with E-state index in [2.05, 4.69) is 100 Å². The lowest BCUT2D eigenvalue weighted by Crippen LogP contribution is -2.49. The van der Waals surface area contributed by atoms with Crippen LogP contribution in [0.4, 0.5) is 0 Å². The van der Waals surface area contributed by atoms with Gasteiger partial charge in [0, 0.05) is 6.61 Å². The van der Waals surface area contributed by atoms with Gasteiger partial charge in [-0.15, -0.1) is 0 Å². The lowest BCUT2D eigenvalue weighted by molar-refractivity contribution is 0.113. The SMILES string of the molecule is C=C1[C@@H](O[Si](C)(C)C(C)(C)C)CC(=C/C=C2\CC[C@H](C)[C@@H]3[C@H]([C@H](C)CO)CC[C@H]23)C[C@H]1O[Si](C)(C)C(C)(C)C. The van der Waals surface area contributed by atoms with Gasteiger partial charge in [0.25, 0.3) is 0 Å². The Labute approximate surface area is 244 Å². The number of rotatable bonds is 7. The van der Waals surface area contributed by atoms with E-state index in [1.807, 2.05) is 0 Å². The Kier molecular flexibility index (Phi) is 10.2. The maximum absolute atomic E-state index is 9.89. The van der Waals surface area contributed by atoms with Crippen molar-refractivity contribution in [3.8, 4) is 0 Å². The number of hydrogen-bond acceptors (Lipinski definition) is 3. The highest BCUT2D eigenvalue weighted by Crippen LogP contribution is 2.53. The van der Waals surface area contributed by atoms with E-state index in [9.17, 15) is 5.11 Å². The summed E-state index contributed by atoms with van der Waals surface area (Å²) in [5.74, 6) is 3.23. The molecule has 0 heterocycles. The molecule has 3 saturated carbocycles. The van der Waals surface area contributed by atoms with E-state index in [-0.39, 0.29) is 22.3 Å². The molecule has 0 radical (unpaired) electrons. The third kappa shape index (κ3) is 7.31. The molecule has 3 aliphatic carbocycles. The van der Waals surface area contributed by atoms with Crippen LogP contribution in [0.1, 0.15) is 93.9 Å². The molecule has 3 nitrogen and oxygen atoms in total. The van der Waals surface area contributed by atoms with E-state index in [0.717, 1.165) is 30.3 Å². The molecule has 3 fully saturated rings. The van der Waals surface area contributed by atoms with E-state index in [1.54, 1.807) is 5.57 Å². The predicted molar refractivity (Wildman–Crippen MR) is 173 cm³/mol. The molecule has 0 unspecified atom stereocenters. The zero-order valence-electron chi connectivity index (χ0n) is 27.6. The third-order valence-corrected chi connectivity index (χ3v) is 20.5. The van der Waals surface area contributed by atoms with E-state index in [4.69, 9.17) is 8.85 Å². The highest BCUT2D eigenvalue weighted by molar-refractivity contribution is 6.74. The fourth-order valence-corrected chi connectivity index (χ4v) is 9.37. The fraction of sp³-hybridized carbons (Fsp3) is 0.824. The predicted octanol–water partition coefficient (Wildman–Crippen LogP) is 9.67. The minimum absolute atomic E-state index is 0.0273. The second-order valence-corrected chi connectivity index (χ2v) is 25.9. The van der Waals surface area contributed by atoms with Gasteiger partial charge in [-0.1, -0.05) is 85.3 Å². The summed E-state index contributed by atoms with van der Waals surface area (Å²) in [7, 11) is -3.92. The monoisotopic (exact) mass is 574 g/mol. The topological polar surface area (TPSA) is 38.7 Å². The lowest BCUT2D eigenvalue weighted by Gasteiger charge is -2.46. The first-order chi connectivity index (χ1) is 17.8. The van der Waals surface area contributed by atoms with E-state index < -0.39 is 16.6 Å². The van der Waals surface area contributed by atoms with Crippen LogP contribution in [0.15, 0.2) is 35.5 Å². The van der Waals surface area contributed by atoms with Crippen LogP contribution in [0.2, 0.25) is 36.3 Å². The Morgan fingerprint density at radius 3 is 1.87 bits per heavy atom. The van der Waals surface area contributed by atoms with Gasteiger partial charge >= 0.3 is 0 Å². The Hall–Kier alpha value is -0.466. The highest BCUT2D eigenvalue weighted by atomic mass is 28.4. The van der Waals surface area contributed by atoms with Gasteiger partial charge in [-0.3, -0.25) is 0 Å². The van der Waals surface area contributed by atoms with Crippen LogP contribution >= 0.6 is 0 Å². The summed E-state index contributed by atoms with van der Waals surface area (Å²) < 4.78 is 14.1. The van der Waals surface area contributed by atoms with Gasteiger partial charge < -0.3 is 14.0 Å². The number of hydrogen-bond donors (Lipinski definition) is 1. The van der Waals surface area contributed by atoms with Crippen molar-refractivity contribution >= 4 is 16.6 Å². The fourth-order valence-electron chi connectivity index (χ4n) is 6.77. The van der Waals surface area contributed by atoms with Crippen molar-refractivity contribution < 1.29 is 14.0 Å². The van der Waals surface area contributed by atoms with Gasteiger partial charge in [0.2, 0.25) is 0 Å². The van der Waals surface area contributed by atoms with Gasteiger partial charge in [0.1, 0.15) is 0 Å². The van der Waals surface area contributed by atoms with E-state index >= 15 is 0 Å². The molecule has 0 amide bonds. The average molecular weight is 575 g/mol. The molecule has 0 aliphatic heterocycles. The zero-order valence-corrected chi connectivity index (χ0v) is 29.6. The van der Waals surface area contributed by atoms with Crippen LogP contribution in [-0.4, -0.2) is 40.6 Å². The summed E-state index contributed by atoms with van der Waals surface area (Å²) in [5, 5.41) is 10.2. The van der Waals surface area contributed by atoms with Crippen molar-refractivity contribution in [2.45, 2.75) is 142 Å². The van der Waals surface area contributed by atoms with Gasteiger partial charge in [-0.05, 0) is 110 Å². The van der Waals surface area contributed by atoms with Crippen molar-refractivity contribution in [3.05, 3.63) is 35.5 Å². The summed E-state index contributed by atoms with van der Waals surface area (Å²) >= 11 is 0. The van der Waals surface area contributed by atoms with Crippen molar-refractivity contribution in [2.24, 2.45) is 29.6 Å². The van der Waals surface area contributed by atoms with Crippen LogP contribution in [-0.2, 0) is 8.85 Å². The van der Waals surface area contributed by atoms with Crippen molar-refractivity contribution in [3.63, 3.8) is 0 Å². The maximum atomic E-state index is 9.89. The standard InChI is InChI=1S/C34H62O3Si2/c1-23-14-16-27(29-19-18-28(32(23)29)24(2)22-35)17-15-26-20-30(36-38(10,11)33(4,5)6)25(3)31(21-26)37-39(12,13)34(7,8)9/h15,17,23-24,28-32,35H,3,14,16,18-22H2,1-2,4-13H3/b26-15?,27-17+/t23-,24+,28-,29+,30-,31+,32+/m0/s1. The summed E-state index contributed by atoms with van der Waals surface area (Å²) in [4.78, 5) is 0. The molecule has 3 rings (SSSR count). The smallest absolute Gasteiger partial charge is 0.192 e. The molecule has 224 valence electrons. The number of aliphatic hydroxyl groups excluding tert-OH is 1. The Balaban J connectivity index is 1.90. The van der Waals surface area contributed by atoms with Crippen molar-refractivity contribution in [1.29, 1.82) is 0 Å². The molecule has 0 aromatic carbocycles. The van der Waals surface area contributed by atoms with Gasteiger partial charge in [0.15, 0.2) is 16.6 Å². The molecule has 5 heteroatoms. The summed E-state index contributed by atoms with van der Waals surface area (Å²) in [5.41, 5.74) is 4.25. The first-order valence-corrected chi connectivity index (χ1v) is 21.6. The van der Waals surface area contributed by atoms with Crippen molar-refractivity contribution in [2.75, 3.05) is 6.61 Å². The average Bonchev–Trinajstić information content (AvgIpc) is 3.25.